The standard InChI is InChI=1S/C28H32N4O3.ClH/c1-5-31(6-2)21-15-13-19-23(17-11-9-10-12-18(17)28(33)34)20-14-16-22(32(7-3)8-4)25(30)27(20)35-26(19)24(21)29;/h9-16H,5-8,29-30H2,1-4H3;1H. The quantitative estimate of drug-likeness (QED) is 0.199. The largest absolute Gasteiger partial charge is 1.00 e. The highest BCUT2D eigenvalue weighted by molar-refractivity contribution is 6.11. The van der Waals surface area contributed by atoms with E-state index in [2.05, 4.69) is 37.2 Å². The number of nitrogen functional groups attached to an aromatic ring is 2. The zero-order valence-corrected chi connectivity index (χ0v) is 21.9. The first-order valence-electron chi connectivity index (χ1n) is 12.1. The van der Waals surface area contributed by atoms with Crippen molar-refractivity contribution in [2.24, 2.45) is 0 Å². The molecular formula is C28H33ClN4O3. The summed E-state index contributed by atoms with van der Waals surface area (Å²) in [6.45, 7) is 11.5. The highest BCUT2D eigenvalue weighted by Gasteiger charge is 2.26. The molecule has 0 aromatic heterocycles. The van der Waals surface area contributed by atoms with Crippen LogP contribution in [0.3, 0.4) is 0 Å². The second-order valence-corrected chi connectivity index (χ2v) is 8.42. The molecule has 2 aliphatic rings. The lowest BCUT2D eigenvalue weighted by atomic mass is 9.90. The monoisotopic (exact) mass is 508 g/mol. The third-order valence-electron chi connectivity index (χ3n) is 6.72. The van der Waals surface area contributed by atoms with Gasteiger partial charge in [-0.2, -0.15) is 0 Å². The van der Waals surface area contributed by atoms with Crippen LogP contribution in [0.25, 0.3) is 33.4 Å². The minimum absolute atomic E-state index is 0. The first kappa shape index (κ1) is 26.9. The van der Waals surface area contributed by atoms with Crippen molar-refractivity contribution in [1.82, 2.24) is 4.58 Å². The zero-order chi connectivity index (χ0) is 25.3. The van der Waals surface area contributed by atoms with Crippen LogP contribution < -0.4 is 38.7 Å². The Morgan fingerprint density at radius 3 is 2.19 bits per heavy atom. The van der Waals surface area contributed by atoms with E-state index in [-0.39, 0.29) is 18.0 Å². The first-order valence-corrected chi connectivity index (χ1v) is 12.1. The summed E-state index contributed by atoms with van der Waals surface area (Å²) in [5, 5.41) is 11.6. The summed E-state index contributed by atoms with van der Waals surface area (Å²) in [4.78, 5) is 14.3. The van der Waals surface area contributed by atoms with E-state index < -0.39 is 5.97 Å². The number of hydrogen-bond donors (Lipinski definition) is 3. The number of carboxylic acid groups (broad SMARTS) is 1. The Kier molecular flexibility index (Phi) is 8.15. The maximum absolute atomic E-state index is 12.2. The van der Waals surface area contributed by atoms with Crippen LogP contribution in [0.5, 0.6) is 0 Å². The zero-order valence-electron chi connectivity index (χ0n) is 21.1. The fourth-order valence-corrected chi connectivity index (χ4v) is 4.90. The van der Waals surface area contributed by atoms with Crippen molar-refractivity contribution in [3.05, 3.63) is 59.5 Å². The number of aromatic carboxylic acids is 1. The number of benzene rings is 3. The fraction of sp³-hybridized carbons (Fsp3) is 0.286. The molecule has 2 aromatic carbocycles. The predicted octanol–water partition coefficient (Wildman–Crippen LogP) is 1.73. The Balaban J connectivity index is 0.00000361. The van der Waals surface area contributed by atoms with Crippen molar-refractivity contribution < 1.29 is 26.7 Å². The maximum atomic E-state index is 12.2. The number of rotatable bonds is 7. The summed E-state index contributed by atoms with van der Waals surface area (Å²) in [5.41, 5.74) is 18.1. The van der Waals surface area contributed by atoms with Gasteiger partial charge in [0, 0.05) is 35.7 Å². The molecule has 0 fully saturated rings. The van der Waals surface area contributed by atoms with Crippen molar-refractivity contribution >= 4 is 34.0 Å². The van der Waals surface area contributed by atoms with E-state index in [0.717, 1.165) is 53.7 Å². The molecule has 5 N–H and O–H groups in total. The molecule has 0 saturated heterocycles. The van der Waals surface area contributed by atoms with Gasteiger partial charge in [0.05, 0.1) is 16.9 Å². The molecule has 8 heteroatoms. The number of carbonyl (C=O) groups is 1. The topological polar surface area (TPSA) is 109 Å². The lowest BCUT2D eigenvalue weighted by Gasteiger charge is -2.25. The summed E-state index contributed by atoms with van der Waals surface area (Å²) in [6, 6.07) is 14.9. The molecule has 0 saturated carbocycles. The van der Waals surface area contributed by atoms with Crippen molar-refractivity contribution in [2.75, 3.05) is 42.5 Å². The van der Waals surface area contributed by atoms with Crippen molar-refractivity contribution in [3.63, 3.8) is 0 Å². The van der Waals surface area contributed by atoms with E-state index in [1.54, 1.807) is 12.1 Å². The van der Waals surface area contributed by atoms with Crippen LogP contribution in [0.15, 0.2) is 52.9 Å². The summed E-state index contributed by atoms with van der Waals surface area (Å²) in [5.74, 6) is -0.497. The van der Waals surface area contributed by atoms with Gasteiger partial charge in [-0.1, -0.05) is 18.2 Å². The van der Waals surface area contributed by atoms with E-state index in [1.165, 1.54) is 0 Å². The molecule has 1 heterocycles. The minimum atomic E-state index is -0.997. The van der Waals surface area contributed by atoms with Gasteiger partial charge in [-0.3, -0.25) is 0 Å². The Hall–Kier alpha value is -3.71. The number of nitrogens with two attached hydrogens (primary N) is 2. The van der Waals surface area contributed by atoms with Crippen LogP contribution in [-0.2, 0) is 0 Å². The van der Waals surface area contributed by atoms with Gasteiger partial charge in [0.1, 0.15) is 18.8 Å². The third kappa shape index (κ3) is 4.35. The van der Waals surface area contributed by atoms with Gasteiger partial charge in [-0.05, 0) is 57.5 Å². The average Bonchev–Trinajstić information content (AvgIpc) is 2.87. The van der Waals surface area contributed by atoms with Crippen LogP contribution in [0.2, 0.25) is 0 Å². The van der Waals surface area contributed by atoms with Crippen LogP contribution >= 0.6 is 0 Å². The third-order valence-corrected chi connectivity index (χ3v) is 6.72. The van der Waals surface area contributed by atoms with Crippen molar-refractivity contribution in [2.45, 2.75) is 27.7 Å². The summed E-state index contributed by atoms with van der Waals surface area (Å²) >= 11 is 0. The molecule has 0 bridgehead atoms. The molecule has 1 aliphatic carbocycles. The van der Waals surface area contributed by atoms with Gasteiger partial charge in [0.25, 0.3) is 0 Å². The lowest BCUT2D eigenvalue weighted by Crippen LogP contribution is -3.00. The minimum Gasteiger partial charge on any atom is -1.00 e. The van der Waals surface area contributed by atoms with Gasteiger partial charge in [0.2, 0.25) is 5.36 Å². The Bertz CT molecular complexity index is 1450. The molecule has 190 valence electrons. The molecule has 2 aromatic rings. The Morgan fingerprint density at radius 1 is 0.917 bits per heavy atom. The predicted molar refractivity (Wildman–Crippen MR) is 144 cm³/mol. The number of fused-ring (bicyclic) bond motifs is 2. The van der Waals surface area contributed by atoms with Crippen LogP contribution in [0.1, 0.15) is 38.1 Å². The number of hydrogen-bond acceptors (Lipinski definition) is 5. The van der Waals surface area contributed by atoms with Gasteiger partial charge in [-0.15, -0.1) is 0 Å². The first-order chi connectivity index (χ1) is 16.9. The van der Waals surface area contributed by atoms with E-state index in [0.29, 0.717) is 28.3 Å². The Labute approximate surface area is 217 Å². The normalized spacial score (nSPS) is 10.9. The number of carboxylic acids is 1. The van der Waals surface area contributed by atoms with E-state index in [1.807, 2.05) is 36.4 Å². The molecule has 0 atom stereocenters. The molecule has 7 nitrogen and oxygen atoms in total. The van der Waals surface area contributed by atoms with Crippen molar-refractivity contribution in [1.29, 1.82) is 0 Å². The highest BCUT2D eigenvalue weighted by Crippen LogP contribution is 2.46. The second kappa shape index (κ2) is 10.9. The summed E-state index contributed by atoms with van der Waals surface area (Å²) < 4.78 is 8.64. The number of halogens is 1. The van der Waals surface area contributed by atoms with E-state index >= 15 is 0 Å². The van der Waals surface area contributed by atoms with Gasteiger partial charge < -0.3 is 38.3 Å². The smallest absolute Gasteiger partial charge is 0.336 e. The van der Waals surface area contributed by atoms with Crippen LogP contribution in [-0.4, -0.2) is 37.3 Å². The summed E-state index contributed by atoms with van der Waals surface area (Å²) in [7, 11) is 0. The number of nitrogens with zero attached hydrogens (tertiary/aromatic N) is 2. The highest BCUT2D eigenvalue weighted by atomic mass is 35.5. The van der Waals surface area contributed by atoms with Crippen LogP contribution in [0.4, 0.5) is 17.1 Å². The molecule has 0 unspecified atom stereocenters. The van der Waals surface area contributed by atoms with Gasteiger partial charge >= 0.3 is 5.97 Å². The second-order valence-electron chi connectivity index (χ2n) is 8.42. The average molecular weight is 509 g/mol. The summed E-state index contributed by atoms with van der Waals surface area (Å²) in [6.07, 6.45) is 0. The molecule has 0 radical (unpaired) electrons. The Morgan fingerprint density at radius 2 is 1.58 bits per heavy atom. The molecule has 36 heavy (non-hydrogen) atoms. The molecule has 0 spiro atoms. The molecule has 4 rings (SSSR count). The van der Waals surface area contributed by atoms with Gasteiger partial charge in [-0.25, -0.2) is 9.37 Å². The molecule has 1 aliphatic heterocycles. The van der Waals surface area contributed by atoms with E-state index in [9.17, 15) is 9.90 Å². The maximum Gasteiger partial charge on any atom is 0.336 e. The lowest BCUT2D eigenvalue weighted by molar-refractivity contribution is -0.0000231. The number of anilines is 3. The van der Waals surface area contributed by atoms with Crippen LogP contribution in [0, 0.1) is 0 Å². The van der Waals surface area contributed by atoms with Gasteiger partial charge in [0.15, 0.2) is 11.3 Å². The SMILES string of the molecule is CCN(CC)c1ccc2c(-c3ccccc3C(=O)O)c3ccc(=[N+](CC)CC)c(N)c-3oc2c1N.[Cl-]. The molecular weight excluding hydrogens is 476 g/mol. The fourth-order valence-electron chi connectivity index (χ4n) is 4.90. The van der Waals surface area contributed by atoms with Crippen molar-refractivity contribution in [3.8, 4) is 22.5 Å². The molecule has 0 amide bonds. The van der Waals surface area contributed by atoms with E-state index in [4.69, 9.17) is 15.9 Å².